The van der Waals surface area contributed by atoms with E-state index in [0.29, 0.717) is 23.6 Å². The number of nitrogens with two attached hydrogens (primary N) is 1. The van der Waals surface area contributed by atoms with E-state index in [0.717, 1.165) is 18.4 Å². The minimum absolute atomic E-state index is 0.228. The molecule has 1 aliphatic rings. The molecule has 0 saturated heterocycles. The average Bonchev–Trinajstić information content (AvgIpc) is 2.86. The van der Waals surface area contributed by atoms with E-state index in [1.807, 2.05) is 12.1 Å². The van der Waals surface area contributed by atoms with Crippen LogP contribution in [0.3, 0.4) is 0 Å². The van der Waals surface area contributed by atoms with E-state index >= 15 is 0 Å². The predicted molar refractivity (Wildman–Crippen MR) is 77.7 cm³/mol. The van der Waals surface area contributed by atoms with Gasteiger partial charge in [0.15, 0.2) is 0 Å². The highest BCUT2D eigenvalue weighted by Gasteiger charge is 2.23. The smallest absolute Gasteiger partial charge is 0.231 e. The Balaban J connectivity index is 2.09. The summed E-state index contributed by atoms with van der Waals surface area (Å²) in [4.78, 5) is 13.4. The van der Waals surface area contributed by atoms with Crippen molar-refractivity contribution in [3.05, 3.63) is 28.2 Å². The van der Waals surface area contributed by atoms with Crippen molar-refractivity contribution < 1.29 is 9.90 Å². The van der Waals surface area contributed by atoms with Crippen LogP contribution in [0.2, 0.25) is 0 Å². The summed E-state index contributed by atoms with van der Waals surface area (Å²) in [6, 6.07) is 5.87. The molecule has 0 bridgehead atoms. The first-order valence-electron chi connectivity index (χ1n) is 6.56. The van der Waals surface area contributed by atoms with Crippen LogP contribution in [0.4, 0.5) is 0 Å². The Kier molecular flexibility index (Phi) is 4.82. The zero-order valence-electron chi connectivity index (χ0n) is 10.8. The van der Waals surface area contributed by atoms with Crippen LogP contribution >= 0.6 is 15.9 Å². The minimum Gasteiger partial charge on any atom is -0.507 e. The summed E-state index contributed by atoms with van der Waals surface area (Å²) in [5.74, 6) is -0.0594. The molecule has 4 nitrogen and oxygen atoms in total. The maximum absolute atomic E-state index is 11.2. The van der Waals surface area contributed by atoms with Gasteiger partial charge in [0.05, 0.1) is 11.0 Å². The number of hydrogen-bond donors (Lipinski definition) is 2. The second-order valence-electron chi connectivity index (χ2n) is 5.10. The van der Waals surface area contributed by atoms with Crippen molar-refractivity contribution in [1.29, 1.82) is 0 Å². The number of carbonyl (C=O) groups is 1. The van der Waals surface area contributed by atoms with Crippen molar-refractivity contribution in [3.8, 4) is 5.75 Å². The molecule has 0 atom stereocenters. The first-order chi connectivity index (χ1) is 9.06. The Morgan fingerprint density at radius 2 is 2.11 bits per heavy atom. The fraction of sp³-hybridized carbons (Fsp3) is 0.500. The predicted octanol–water partition coefficient (Wildman–Crippen LogP) is 2.38. The van der Waals surface area contributed by atoms with Crippen LogP contribution in [0.1, 0.15) is 31.2 Å². The molecule has 0 spiro atoms. The molecule has 1 fully saturated rings. The summed E-state index contributed by atoms with van der Waals surface area (Å²) in [7, 11) is 0. The molecule has 3 N–H and O–H groups in total. The summed E-state index contributed by atoms with van der Waals surface area (Å²) < 4.78 is 0.676. The average molecular weight is 327 g/mol. The van der Waals surface area contributed by atoms with Crippen LogP contribution in [0.5, 0.6) is 5.75 Å². The lowest BCUT2D eigenvalue weighted by atomic mass is 10.1. The molecule has 0 unspecified atom stereocenters. The van der Waals surface area contributed by atoms with Crippen LogP contribution in [0.15, 0.2) is 22.7 Å². The van der Waals surface area contributed by atoms with Gasteiger partial charge < -0.3 is 10.8 Å². The lowest BCUT2D eigenvalue weighted by Crippen LogP contribution is -2.39. The number of benzene rings is 1. The van der Waals surface area contributed by atoms with Crippen LogP contribution in [0, 0.1) is 0 Å². The minimum atomic E-state index is -0.287. The van der Waals surface area contributed by atoms with Crippen LogP contribution < -0.4 is 5.73 Å². The molecule has 0 aliphatic heterocycles. The Bertz CT molecular complexity index is 459. The van der Waals surface area contributed by atoms with E-state index in [9.17, 15) is 9.90 Å². The van der Waals surface area contributed by atoms with E-state index in [1.54, 1.807) is 6.07 Å². The molecule has 0 aromatic heterocycles. The molecule has 19 heavy (non-hydrogen) atoms. The van der Waals surface area contributed by atoms with Gasteiger partial charge in [-0.1, -0.05) is 18.9 Å². The molecule has 5 heteroatoms. The lowest BCUT2D eigenvalue weighted by Gasteiger charge is -2.27. The Hall–Kier alpha value is -1.07. The summed E-state index contributed by atoms with van der Waals surface area (Å²) in [5, 5.41) is 9.50. The van der Waals surface area contributed by atoms with E-state index in [1.165, 1.54) is 12.8 Å². The third-order valence-corrected chi connectivity index (χ3v) is 4.23. The molecular formula is C14H19BrN2O2. The Morgan fingerprint density at radius 3 is 2.68 bits per heavy atom. The largest absolute Gasteiger partial charge is 0.507 e. The summed E-state index contributed by atoms with van der Waals surface area (Å²) in [5.41, 5.74) is 6.41. The first kappa shape index (κ1) is 14.3. The van der Waals surface area contributed by atoms with Gasteiger partial charge >= 0.3 is 0 Å². The fourth-order valence-corrected chi connectivity index (χ4v) is 3.09. The van der Waals surface area contributed by atoms with Gasteiger partial charge in [-0.2, -0.15) is 0 Å². The summed E-state index contributed by atoms with van der Waals surface area (Å²) >= 11 is 3.31. The van der Waals surface area contributed by atoms with Crippen LogP contribution in [0.25, 0.3) is 0 Å². The fourth-order valence-electron chi connectivity index (χ4n) is 2.67. The van der Waals surface area contributed by atoms with E-state index in [-0.39, 0.29) is 11.7 Å². The molecule has 1 aromatic carbocycles. The van der Waals surface area contributed by atoms with Gasteiger partial charge in [0.1, 0.15) is 5.75 Å². The number of halogens is 1. The van der Waals surface area contributed by atoms with Gasteiger partial charge in [0, 0.05) is 12.6 Å². The van der Waals surface area contributed by atoms with Crippen molar-refractivity contribution in [2.24, 2.45) is 5.73 Å². The highest BCUT2D eigenvalue weighted by atomic mass is 79.9. The molecular weight excluding hydrogens is 308 g/mol. The summed E-state index contributed by atoms with van der Waals surface area (Å²) in [6.45, 7) is 0.982. The first-order valence-corrected chi connectivity index (χ1v) is 7.35. The Labute approximate surface area is 121 Å². The molecule has 1 saturated carbocycles. The molecule has 2 rings (SSSR count). The standard InChI is InChI=1S/C14H19BrN2O2/c15-12-7-10(5-6-13(12)18)8-17(9-14(16)19)11-3-1-2-4-11/h5-7,11,18H,1-4,8-9H2,(H2,16,19). The lowest BCUT2D eigenvalue weighted by molar-refractivity contribution is -0.119. The number of primary amides is 1. The van der Waals surface area contributed by atoms with Gasteiger partial charge in [-0.05, 0) is 46.5 Å². The van der Waals surface area contributed by atoms with Crippen molar-refractivity contribution in [2.45, 2.75) is 38.3 Å². The second-order valence-corrected chi connectivity index (χ2v) is 5.95. The van der Waals surface area contributed by atoms with Gasteiger partial charge in [0.25, 0.3) is 0 Å². The number of rotatable bonds is 5. The SMILES string of the molecule is NC(=O)CN(Cc1ccc(O)c(Br)c1)C1CCCC1. The third kappa shape index (κ3) is 3.94. The molecule has 1 aliphatic carbocycles. The monoisotopic (exact) mass is 326 g/mol. The number of phenols is 1. The Morgan fingerprint density at radius 1 is 1.42 bits per heavy atom. The second kappa shape index (κ2) is 6.39. The van der Waals surface area contributed by atoms with Gasteiger partial charge in [-0.3, -0.25) is 9.69 Å². The zero-order chi connectivity index (χ0) is 13.8. The molecule has 0 heterocycles. The summed E-state index contributed by atoms with van der Waals surface area (Å²) in [6.07, 6.45) is 4.71. The van der Waals surface area contributed by atoms with Gasteiger partial charge in [0.2, 0.25) is 5.91 Å². The van der Waals surface area contributed by atoms with Crippen molar-refractivity contribution >= 4 is 21.8 Å². The maximum Gasteiger partial charge on any atom is 0.231 e. The highest BCUT2D eigenvalue weighted by molar-refractivity contribution is 9.10. The van der Waals surface area contributed by atoms with E-state index < -0.39 is 0 Å². The van der Waals surface area contributed by atoms with Crippen molar-refractivity contribution in [1.82, 2.24) is 4.90 Å². The number of nitrogens with zero attached hydrogens (tertiary/aromatic N) is 1. The number of aromatic hydroxyl groups is 1. The van der Waals surface area contributed by atoms with Crippen molar-refractivity contribution in [3.63, 3.8) is 0 Å². The number of amides is 1. The third-order valence-electron chi connectivity index (χ3n) is 3.60. The highest BCUT2D eigenvalue weighted by Crippen LogP contribution is 2.28. The normalized spacial score (nSPS) is 16.1. The number of phenolic OH excluding ortho intramolecular Hbond substituents is 1. The molecule has 1 amide bonds. The topological polar surface area (TPSA) is 66.6 Å². The zero-order valence-corrected chi connectivity index (χ0v) is 12.4. The van der Waals surface area contributed by atoms with E-state index in [2.05, 4.69) is 20.8 Å². The van der Waals surface area contributed by atoms with Crippen LogP contribution in [-0.2, 0) is 11.3 Å². The van der Waals surface area contributed by atoms with Crippen molar-refractivity contribution in [2.75, 3.05) is 6.54 Å². The van der Waals surface area contributed by atoms with Gasteiger partial charge in [-0.25, -0.2) is 0 Å². The number of carbonyl (C=O) groups excluding carboxylic acids is 1. The molecule has 104 valence electrons. The quantitative estimate of drug-likeness (QED) is 0.873. The van der Waals surface area contributed by atoms with Crippen LogP contribution in [-0.4, -0.2) is 28.5 Å². The van der Waals surface area contributed by atoms with E-state index in [4.69, 9.17) is 5.73 Å². The van der Waals surface area contributed by atoms with Gasteiger partial charge in [-0.15, -0.1) is 0 Å². The molecule has 0 radical (unpaired) electrons. The molecule has 1 aromatic rings. The maximum atomic E-state index is 11.2. The number of hydrogen-bond acceptors (Lipinski definition) is 3.